The predicted octanol–water partition coefficient (Wildman–Crippen LogP) is 9.43. The molecule has 1 N–H and O–H groups in total. The third kappa shape index (κ3) is 7.35. The van der Waals surface area contributed by atoms with Crippen LogP contribution in [0.15, 0.2) is 69.5 Å². The van der Waals surface area contributed by atoms with E-state index in [2.05, 4.69) is 4.90 Å². The molecule has 2 saturated heterocycles. The van der Waals surface area contributed by atoms with Gasteiger partial charge in [-0.25, -0.2) is 9.97 Å². The molecule has 8 rings (SSSR count). The second-order valence-corrected chi connectivity index (χ2v) is 14.1. The lowest BCUT2D eigenvalue weighted by molar-refractivity contribution is -0.142. The lowest BCUT2D eigenvalue weighted by Crippen LogP contribution is -2.35. The maximum absolute atomic E-state index is 13.5. The van der Waals surface area contributed by atoms with Gasteiger partial charge < -0.3 is 23.4 Å². The van der Waals surface area contributed by atoms with Gasteiger partial charge in [-0.05, 0) is 106 Å². The van der Waals surface area contributed by atoms with Crippen LogP contribution in [0.3, 0.4) is 0 Å². The van der Waals surface area contributed by atoms with Crippen molar-refractivity contribution in [2.24, 2.45) is 0 Å². The number of carboxylic acids is 1. The standard InChI is InChI=1S/C41H38F4N4O6/c1-22-26(8-5-10-28(22)37-46-30-16-24(20-48-13-3-4-14-48)33(54-40(42)43)18-35(30)52-37)27-9-6-11-29(23(27)2)38-47-31-17-25(21-49-15-7-12-32(49)39(50)51)34(55-41(44)45)19-36(31)53-38/h5-6,8-11,16-19,32,40-41H,3-4,7,12-15,20-21H2,1-2H3,(H,50,51)/t32-/m0/s1. The second kappa shape index (κ2) is 15.0. The van der Waals surface area contributed by atoms with Crippen molar-refractivity contribution < 1.29 is 45.8 Å². The number of hydrogen-bond acceptors (Lipinski definition) is 9. The number of nitrogens with zero attached hydrogens (tertiary/aromatic N) is 4. The van der Waals surface area contributed by atoms with Gasteiger partial charge in [-0.1, -0.05) is 24.3 Å². The van der Waals surface area contributed by atoms with Crippen LogP contribution in [-0.4, -0.2) is 69.7 Å². The minimum absolute atomic E-state index is 0.0709. The molecule has 4 heterocycles. The van der Waals surface area contributed by atoms with E-state index in [1.54, 1.807) is 17.0 Å². The van der Waals surface area contributed by atoms with E-state index in [4.69, 9.17) is 28.3 Å². The molecule has 6 aromatic rings. The fraction of sp³-hybridized carbons (Fsp3) is 0.341. The molecule has 286 valence electrons. The molecule has 0 radical (unpaired) electrons. The van der Waals surface area contributed by atoms with E-state index in [1.165, 1.54) is 12.1 Å². The molecule has 0 amide bonds. The Labute approximate surface area is 313 Å². The smallest absolute Gasteiger partial charge is 0.387 e. The average molecular weight is 759 g/mol. The molecule has 0 unspecified atom stereocenters. The van der Waals surface area contributed by atoms with E-state index in [0.29, 0.717) is 65.1 Å². The van der Waals surface area contributed by atoms with Crippen molar-refractivity contribution in [3.63, 3.8) is 0 Å². The summed E-state index contributed by atoms with van der Waals surface area (Å²) in [6.07, 6.45) is 3.28. The summed E-state index contributed by atoms with van der Waals surface area (Å²) in [5, 5.41) is 9.66. The number of aliphatic carboxylic acids is 1. The van der Waals surface area contributed by atoms with Crippen molar-refractivity contribution >= 4 is 28.2 Å². The third-order valence-electron chi connectivity index (χ3n) is 10.6. The summed E-state index contributed by atoms with van der Waals surface area (Å²) in [7, 11) is 0. The largest absolute Gasteiger partial charge is 0.480 e. The predicted molar refractivity (Wildman–Crippen MR) is 196 cm³/mol. The molecule has 14 heteroatoms. The fourth-order valence-electron chi connectivity index (χ4n) is 7.90. The van der Waals surface area contributed by atoms with Crippen LogP contribution in [0.4, 0.5) is 17.6 Å². The average Bonchev–Trinajstić information content (AvgIpc) is 3.96. The third-order valence-corrected chi connectivity index (χ3v) is 10.6. The molecule has 4 aromatic carbocycles. The molecular formula is C41H38F4N4O6. The number of ether oxygens (including phenoxy) is 2. The summed E-state index contributed by atoms with van der Waals surface area (Å²) in [5.74, 6) is -0.370. The number of halogens is 4. The molecule has 0 aliphatic carbocycles. The summed E-state index contributed by atoms with van der Waals surface area (Å²) < 4.78 is 75.9. The molecule has 0 saturated carbocycles. The van der Waals surface area contributed by atoms with Crippen molar-refractivity contribution in [3.05, 3.63) is 82.9 Å². The summed E-state index contributed by atoms with van der Waals surface area (Å²) in [5.41, 5.74) is 7.44. The number of fused-ring (bicyclic) bond motifs is 2. The van der Waals surface area contributed by atoms with Crippen molar-refractivity contribution in [2.45, 2.75) is 71.9 Å². The van der Waals surface area contributed by atoms with Crippen LogP contribution in [-0.2, 0) is 17.9 Å². The number of rotatable bonds is 12. The Balaban J connectivity index is 1.13. The lowest BCUT2D eigenvalue weighted by Gasteiger charge is -2.22. The number of alkyl halides is 4. The van der Waals surface area contributed by atoms with Gasteiger partial charge in [0.1, 0.15) is 28.6 Å². The van der Waals surface area contributed by atoms with Crippen LogP contribution in [0.2, 0.25) is 0 Å². The van der Waals surface area contributed by atoms with Crippen LogP contribution in [0.5, 0.6) is 11.5 Å². The summed E-state index contributed by atoms with van der Waals surface area (Å²) >= 11 is 0. The van der Waals surface area contributed by atoms with Gasteiger partial charge in [0, 0.05) is 47.5 Å². The fourth-order valence-corrected chi connectivity index (χ4v) is 7.90. The van der Waals surface area contributed by atoms with Crippen LogP contribution >= 0.6 is 0 Å². The molecule has 1 atom stereocenters. The van der Waals surface area contributed by atoms with Crippen molar-refractivity contribution in [3.8, 4) is 45.5 Å². The zero-order valence-corrected chi connectivity index (χ0v) is 30.2. The zero-order valence-electron chi connectivity index (χ0n) is 30.2. The SMILES string of the molecule is Cc1c(-c2nc3cc(CN4CCCC4)c(OC(F)F)cc3o2)cccc1-c1cccc(-c2nc3cc(CN4CCC[C@H]4C(=O)O)c(OC(F)F)cc3o2)c1C. The van der Waals surface area contributed by atoms with Crippen LogP contribution < -0.4 is 9.47 Å². The highest BCUT2D eigenvalue weighted by Gasteiger charge is 2.32. The highest BCUT2D eigenvalue weighted by atomic mass is 19.3. The summed E-state index contributed by atoms with van der Waals surface area (Å²) in [6.45, 7) is 0.703. The molecule has 55 heavy (non-hydrogen) atoms. The number of hydrogen-bond donors (Lipinski definition) is 1. The highest BCUT2D eigenvalue weighted by molar-refractivity contribution is 5.85. The van der Waals surface area contributed by atoms with E-state index >= 15 is 0 Å². The van der Waals surface area contributed by atoms with E-state index in [0.717, 1.165) is 53.7 Å². The molecule has 2 aliphatic heterocycles. The van der Waals surface area contributed by atoms with Crippen molar-refractivity contribution in [1.29, 1.82) is 0 Å². The Morgan fingerprint density at radius 3 is 1.73 bits per heavy atom. The molecule has 10 nitrogen and oxygen atoms in total. The molecule has 2 aromatic heterocycles. The first-order valence-corrected chi connectivity index (χ1v) is 18.2. The molecule has 0 bridgehead atoms. The molecular weight excluding hydrogens is 720 g/mol. The van der Waals surface area contributed by atoms with Gasteiger partial charge in [0.25, 0.3) is 0 Å². The van der Waals surface area contributed by atoms with Crippen LogP contribution in [0, 0.1) is 13.8 Å². The first-order chi connectivity index (χ1) is 26.5. The highest BCUT2D eigenvalue weighted by Crippen LogP contribution is 2.40. The number of likely N-dealkylation sites (tertiary alicyclic amines) is 2. The summed E-state index contributed by atoms with van der Waals surface area (Å²) in [6, 6.07) is 17.0. The first kappa shape index (κ1) is 36.5. The number of oxazole rings is 2. The maximum atomic E-state index is 13.5. The Morgan fingerprint density at radius 2 is 1.24 bits per heavy atom. The van der Waals surface area contributed by atoms with Gasteiger partial charge >= 0.3 is 19.2 Å². The molecule has 0 spiro atoms. The first-order valence-electron chi connectivity index (χ1n) is 18.2. The van der Waals surface area contributed by atoms with Gasteiger partial charge in [0.15, 0.2) is 11.2 Å². The topological polar surface area (TPSA) is 114 Å². The van der Waals surface area contributed by atoms with E-state index in [9.17, 15) is 27.5 Å². The quantitative estimate of drug-likeness (QED) is 0.121. The Kier molecular flexibility index (Phi) is 9.95. The normalized spacial score (nSPS) is 16.7. The minimum atomic E-state index is -3.09. The Morgan fingerprint density at radius 1 is 0.745 bits per heavy atom. The second-order valence-electron chi connectivity index (χ2n) is 14.1. The minimum Gasteiger partial charge on any atom is -0.480 e. The number of aromatic nitrogens is 2. The van der Waals surface area contributed by atoms with Gasteiger partial charge in [-0.2, -0.15) is 17.6 Å². The van der Waals surface area contributed by atoms with Gasteiger partial charge in [0.2, 0.25) is 11.8 Å². The lowest BCUT2D eigenvalue weighted by atomic mass is 9.91. The van der Waals surface area contributed by atoms with E-state index in [1.807, 2.05) is 50.2 Å². The zero-order chi connectivity index (χ0) is 38.4. The van der Waals surface area contributed by atoms with Crippen LogP contribution in [0.1, 0.15) is 47.9 Å². The van der Waals surface area contributed by atoms with E-state index in [-0.39, 0.29) is 29.5 Å². The number of carboxylic acid groups (broad SMARTS) is 1. The van der Waals surface area contributed by atoms with Crippen LogP contribution in [0.25, 0.3) is 56.2 Å². The summed E-state index contributed by atoms with van der Waals surface area (Å²) in [4.78, 5) is 25.2. The van der Waals surface area contributed by atoms with Crippen molar-refractivity contribution in [1.82, 2.24) is 19.8 Å². The number of carbonyl (C=O) groups is 1. The van der Waals surface area contributed by atoms with Gasteiger partial charge in [0.05, 0.1) is 0 Å². The van der Waals surface area contributed by atoms with Gasteiger partial charge in [-0.3, -0.25) is 14.6 Å². The van der Waals surface area contributed by atoms with Gasteiger partial charge in [-0.15, -0.1) is 0 Å². The monoisotopic (exact) mass is 758 g/mol. The molecule has 2 fully saturated rings. The number of benzene rings is 4. The molecule has 2 aliphatic rings. The van der Waals surface area contributed by atoms with E-state index < -0.39 is 25.2 Å². The Bertz CT molecular complexity index is 2390. The maximum Gasteiger partial charge on any atom is 0.387 e. The Hall–Kier alpha value is -5.47. The van der Waals surface area contributed by atoms with Crippen molar-refractivity contribution in [2.75, 3.05) is 19.6 Å².